The highest BCUT2D eigenvalue weighted by molar-refractivity contribution is 5.86. The molecule has 0 spiro atoms. The second kappa shape index (κ2) is 7.16. The summed E-state index contributed by atoms with van der Waals surface area (Å²) in [4.78, 5) is 12.3. The van der Waals surface area contributed by atoms with Crippen molar-refractivity contribution in [3.05, 3.63) is 48.0 Å². The van der Waals surface area contributed by atoms with Crippen molar-refractivity contribution in [3.8, 4) is 0 Å². The lowest BCUT2D eigenvalue weighted by atomic mass is 9.80. The average Bonchev–Trinajstić information content (AvgIpc) is 2.61. The molecule has 0 unspecified atom stereocenters. The molecule has 0 aliphatic heterocycles. The van der Waals surface area contributed by atoms with Gasteiger partial charge in [-0.25, -0.2) is 0 Å². The zero-order valence-electron chi connectivity index (χ0n) is 14.1. The standard InChI is InChI=1S/C21H26O2/c1-3-15(2)21(22)23-20-14-7-6-12-19(20)18-13-8-10-16-9-4-5-11-17(16)18/h4-5,8-11,13,15,19-20H,3,6-7,12,14H2,1-2H3/t15-,19-,20+/m0/s1. The maximum Gasteiger partial charge on any atom is 0.308 e. The number of rotatable bonds is 4. The molecule has 1 aliphatic carbocycles. The molecule has 0 saturated heterocycles. The Hall–Kier alpha value is -1.83. The predicted molar refractivity (Wildman–Crippen MR) is 94.5 cm³/mol. The van der Waals surface area contributed by atoms with Crippen LogP contribution in [0, 0.1) is 5.92 Å². The van der Waals surface area contributed by atoms with Gasteiger partial charge in [0, 0.05) is 5.92 Å². The van der Waals surface area contributed by atoms with Crippen molar-refractivity contribution in [1.82, 2.24) is 0 Å². The monoisotopic (exact) mass is 310 g/mol. The molecule has 0 amide bonds. The van der Waals surface area contributed by atoms with E-state index < -0.39 is 0 Å². The highest BCUT2D eigenvalue weighted by Crippen LogP contribution is 2.38. The van der Waals surface area contributed by atoms with Crippen LogP contribution in [0.25, 0.3) is 10.8 Å². The third kappa shape index (κ3) is 3.41. The van der Waals surface area contributed by atoms with E-state index in [9.17, 15) is 4.79 Å². The highest BCUT2D eigenvalue weighted by atomic mass is 16.5. The predicted octanol–water partition coefficient (Wildman–Crippen LogP) is 5.46. The van der Waals surface area contributed by atoms with Crippen LogP contribution in [0.3, 0.4) is 0 Å². The quantitative estimate of drug-likeness (QED) is 0.701. The molecule has 23 heavy (non-hydrogen) atoms. The van der Waals surface area contributed by atoms with Crippen molar-refractivity contribution in [2.75, 3.05) is 0 Å². The van der Waals surface area contributed by atoms with E-state index in [0.29, 0.717) is 5.92 Å². The van der Waals surface area contributed by atoms with Crippen molar-refractivity contribution in [2.24, 2.45) is 5.92 Å². The minimum atomic E-state index is -0.0374. The molecule has 1 fully saturated rings. The number of hydrogen-bond acceptors (Lipinski definition) is 2. The van der Waals surface area contributed by atoms with Crippen LogP contribution in [0.4, 0.5) is 0 Å². The number of ether oxygens (including phenoxy) is 1. The summed E-state index contributed by atoms with van der Waals surface area (Å²) in [5.74, 6) is 0.276. The Labute approximate surface area is 138 Å². The van der Waals surface area contributed by atoms with Crippen molar-refractivity contribution in [3.63, 3.8) is 0 Å². The van der Waals surface area contributed by atoms with Crippen LogP contribution in [0.2, 0.25) is 0 Å². The largest absolute Gasteiger partial charge is 0.462 e. The van der Waals surface area contributed by atoms with Gasteiger partial charge in [0.15, 0.2) is 0 Å². The van der Waals surface area contributed by atoms with Gasteiger partial charge in [0.1, 0.15) is 6.10 Å². The van der Waals surface area contributed by atoms with Crippen LogP contribution in [0.5, 0.6) is 0 Å². The number of carbonyl (C=O) groups excluding carboxylic acids is 1. The van der Waals surface area contributed by atoms with Gasteiger partial charge >= 0.3 is 5.97 Å². The van der Waals surface area contributed by atoms with Crippen LogP contribution in [0.15, 0.2) is 42.5 Å². The minimum absolute atomic E-state index is 0.00917. The summed E-state index contributed by atoms with van der Waals surface area (Å²) in [5, 5.41) is 2.56. The molecule has 0 radical (unpaired) electrons. The number of carbonyl (C=O) groups is 1. The summed E-state index contributed by atoms with van der Waals surface area (Å²) in [6.07, 6.45) is 5.31. The number of hydrogen-bond donors (Lipinski definition) is 0. The van der Waals surface area contributed by atoms with E-state index in [1.165, 1.54) is 22.8 Å². The van der Waals surface area contributed by atoms with Gasteiger partial charge in [-0.15, -0.1) is 0 Å². The zero-order chi connectivity index (χ0) is 16.2. The lowest BCUT2D eigenvalue weighted by molar-refractivity contribution is -0.156. The third-order valence-electron chi connectivity index (χ3n) is 5.21. The smallest absolute Gasteiger partial charge is 0.308 e. The molecule has 0 aromatic heterocycles. The molecule has 1 aliphatic rings. The number of fused-ring (bicyclic) bond motifs is 1. The van der Waals surface area contributed by atoms with E-state index in [4.69, 9.17) is 4.74 Å². The fourth-order valence-electron chi connectivity index (χ4n) is 3.60. The Morgan fingerprint density at radius 2 is 1.87 bits per heavy atom. The molecule has 0 N–H and O–H groups in total. The van der Waals surface area contributed by atoms with E-state index in [1.807, 2.05) is 13.8 Å². The maximum atomic E-state index is 12.3. The average molecular weight is 310 g/mol. The zero-order valence-corrected chi connectivity index (χ0v) is 14.1. The molecule has 2 aromatic rings. The van der Waals surface area contributed by atoms with Gasteiger partial charge in [-0.05, 0) is 42.0 Å². The Bertz CT molecular complexity index is 671. The topological polar surface area (TPSA) is 26.3 Å². The Balaban J connectivity index is 1.90. The summed E-state index contributed by atoms with van der Waals surface area (Å²) < 4.78 is 5.92. The minimum Gasteiger partial charge on any atom is -0.462 e. The fraction of sp³-hybridized carbons (Fsp3) is 0.476. The van der Waals surface area contributed by atoms with Crippen molar-refractivity contribution >= 4 is 16.7 Å². The highest BCUT2D eigenvalue weighted by Gasteiger charge is 2.31. The van der Waals surface area contributed by atoms with Crippen LogP contribution in [-0.2, 0) is 9.53 Å². The maximum absolute atomic E-state index is 12.3. The normalized spacial score (nSPS) is 22.7. The summed E-state index contributed by atoms with van der Waals surface area (Å²) in [6.45, 7) is 3.99. The lowest BCUT2D eigenvalue weighted by Gasteiger charge is -2.33. The van der Waals surface area contributed by atoms with Gasteiger partial charge in [-0.2, -0.15) is 0 Å². The first-order chi connectivity index (χ1) is 11.2. The fourth-order valence-corrected chi connectivity index (χ4v) is 3.60. The van der Waals surface area contributed by atoms with Crippen LogP contribution in [-0.4, -0.2) is 12.1 Å². The van der Waals surface area contributed by atoms with Crippen molar-refractivity contribution in [2.45, 2.75) is 58.0 Å². The van der Waals surface area contributed by atoms with Crippen LogP contribution < -0.4 is 0 Å². The Morgan fingerprint density at radius 1 is 1.13 bits per heavy atom. The van der Waals surface area contributed by atoms with E-state index in [1.54, 1.807) is 0 Å². The van der Waals surface area contributed by atoms with Crippen LogP contribution in [0.1, 0.15) is 57.4 Å². The summed E-state index contributed by atoms with van der Waals surface area (Å²) in [7, 11) is 0. The summed E-state index contributed by atoms with van der Waals surface area (Å²) in [6, 6.07) is 15.0. The molecule has 2 heteroatoms. The Morgan fingerprint density at radius 3 is 2.70 bits per heavy atom. The first-order valence-electron chi connectivity index (χ1n) is 8.89. The van der Waals surface area contributed by atoms with E-state index in [-0.39, 0.29) is 18.0 Å². The van der Waals surface area contributed by atoms with E-state index in [0.717, 1.165) is 25.7 Å². The molecule has 0 bridgehead atoms. The van der Waals surface area contributed by atoms with Gasteiger partial charge < -0.3 is 4.74 Å². The van der Waals surface area contributed by atoms with Crippen molar-refractivity contribution in [1.29, 1.82) is 0 Å². The molecule has 3 rings (SSSR count). The molecular formula is C21H26O2. The molecule has 122 valence electrons. The van der Waals surface area contributed by atoms with Gasteiger partial charge in [-0.1, -0.05) is 62.7 Å². The van der Waals surface area contributed by atoms with Gasteiger partial charge in [-0.3, -0.25) is 4.79 Å². The number of benzene rings is 2. The van der Waals surface area contributed by atoms with E-state index in [2.05, 4.69) is 42.5 Å². The Kier molecular flexibility index (Phi) is 5.00. The molecule has 2 aromatic carbocycles. The van der Waals surface area contributed by atoms with Gasteiger partial charge in [0.25, 0.3) is 0 Å². The molecule has 2 nitrogen and oxygen atoms in total. The van der Waals surface area contributed by atoms with E-state index >= 15 is 0 Å². The van der Waals surface area contributed by atoms with Crippen molar-refractivity contribution < 1.29 is 9.53 Å². The first kappa shape index (κ1) is 16.0. The molecule has 0 heterocycles. The number of esters is 1. The second-order valence-corrected chi connectivity index (χ2v) is 6.74. The molecule has 3 atom stereocenters. The first-order valence-corrected chi connectivity index (χ1v) is 8.89. The SMILES string of the molecule is CC[C@H](C)C(=O)O[C@@H]1CCCC[C@H]1c1cccc2ccccc12. The summed E-state index contributed by atoms with van der Waals surface area (Å²) >= 11 is 0. The third-order valence-corrected chi connectivity index (χ3v) is 5.21. The summed E-state index contributed by atoms with van der Waals surface area (Å²) in [5.41, 5.74) is 1.34. The van der Waals surface area contributed by atoms with Gasteiger partial charge in [0.2, 0.25) is 0 Å². The molecule has 1 saturated carbocycles. The van der Waals surface area contributed by atoms with Crippen LogP contribution >= 0.6 is 0 Å². The molecular weight excluding hydrogens is 284 g/mol. The lowest BCUT2D eigenvalue weighted by Crippen LogP contribution is -2.30. The van der Waals surface area contributed by atoms with Gasteiger partial charge in [0.05, 0.1) is 5.92 Å². The second-order valence-electron chi connectivity index (χ2n) is 6.74.